The SMILES string of the molecule is CCN(CC)C1CCN(CC2(N)C3CCOC3C2(C)C)C1. The molecule has 122 valence electrons. The van der Waals surface area contributed by atoms with E-state index in [1.54, 1.807) is 0 Å². The minimum atomic E-state index is -0.0632. The summed E-state index contributed by atoms with van der Waals surface area (Å²) >= 11 is 0. The van der Waals surface area contributed by atoms with Crippen LogP contribution < -0.4 is 5.73 Å². The Balaban J connectivity index is 1.62. The van der Waals surface area contributed by atoms with E-state index in [2.05, 4.69) is 37.5 Å². The Labute approximate surface area is 130 Å². The van der Waals surface area contributed by atoms with Gasteiger partial charge in [0.15, 0.2) is 0 Å². The molecule has 3 fully saturated rings. The Bertz CT molecular complexity index is 382. The Morgan fingerprint density at radius 3 is 2.62 bits per heavy atom. The van der Waals surface area contributed by atoms with Crippen LogP contribution in [0.3, 0.4) is 0 Å². The lowest BCUT2D eigenvalue weighted by Crippen LogP contribution is -2.78. The van der Waals surface area contributed by atoms with E-state index in [1.165, 1.54) is 19.5 Å². The normalized spacial score (nSPS) is 42.3. The molecule has 0 spiro atoms. The highest BCUT2D eigenvalue weighted by atomic mass is 16.5. The lowest BCUT2D eigenvalue weighted by molar-refractivity contribution is -0.162. The first-order valence-corrected chi connectivity index (χ1v) is 8.81. The van der Waals surface area contributed by atoms with Crippen molar-refractivity contribution in [3.8, 4) is 0 Å². The second kappa shape index (κ2) is 5.48. The van der Waals surface area contributed by atoms with Crippen LogP contribution in [0.5, 0.6) is 0 Å². The summed E-state index contributed by atoms with van der Waals surface area (Å²) in [6.45, 7) is 15.8. The molecule has 2 heterocycles. The van der Waals surface area contributed by atoms with Gasteiger partial charge in [-0.25, -0.2) is 0 Å². The van der Waals surface area contributed by atoms with Gasteiger partial charge in [-0.1, -0.05) is 27.7 Å². The minimum absolute atomic E-state index is 0.0632. The number of hydrogen-bond acceptors (Lipinski definition) is 4. The van der Waals surface area contributed by atoms with Crippen LogP contribution in [-0.4, -0.2) is 66.8 Å². The molecular formula is C17H33N3O. The molecule has 4 unspecified atom stereocenters. The fraction of sp³-hybridized carbons (Fsp3) is 1.00. The molecule has 1 saturated carbocycles. The van der Waals surface area contributed by atoms with Crippen molar-refractivity contribution in [2.45, 2.75) is 58.2 Å². The van der Waals surface area contributed by atoms with Crippen molar-refractivity contribution in [3.05, 3.63) is 0 Å². The van der Waals surface area contributed by atoms with Gasteiger partial charge in [-0.05, 0) is 32.5 Å². The summed E-state index contributed by atoms with van der Waals surface area (Å²) in [5.74, 6) is 0.569. The standard InChI is InChI=1S/C17H33N3O/c1-5-20(6-2)13-7-9-19(11-13)12-17(18)14-8-10-21-15(14)16(17,3)4/h13-15H,5-12,18H2,1-4H3. The maximum absolute atomic E-state index is 6.90. The molecule has 4 heteroatoms. The molecule has 4 atom stereocenters. The summed E-state index contributed by atoms with van der Waals surface area (Å²) in [5.41, 5.74) is 6.95. The quantitative estimate of drug-likeness (QED) is 0.835. The van der Waals surface area contributed by atoms with E-state index in [4.69, 9.17) is 10.5 Å². The van der Waals surface area contributed by atoms with Gasteiger partial charge < -0.3 is 10.5 Å². The molecule has 2 aliphatic heterocycles. The highest BCUT2D eigenvalue weighted by Gasteiger charge is 2.67. The molecule has 0 amide bonds. The van der Waals surface area contributed by atoms with Crippen molar-refractivity contribution < 1.29 is 4.74 Å². The molecular weight excluding hydrogens is 262 g/mol. The van der Waals surface area contributed by atoms with Crippen LogP contribution in [0.2, 0.25) is 0 Å². The van der Waals surface area contributed by atoms with Gasteiger partial charge in [0.2, 0.25) is 0 Å². The topological polar surface area (TPSA) is 41.7 Å². The zero-order valence-electron chi connectivity index (χ0n) is 14.3. The fourth-order valence-electron chi connectivity index (χ4n) is 5.16. The highest BCUT2D eigenvalue weighted by Crippen LogP contribution is 2.58. The first-order chi connectivity index (χ1) is 9.94. The molecule has 2 saturated heterocycles. The van der Waals surface area contributed by atoms with Crippen LogP contribution in [0, 0.1) is 11.3 Å². The zero-order chi connectivity index (χ0) is 15.3. The number of likely N-dealkylation sites (tertiary alicyclic amines) is 1. The summed E-state index contributed by atoms with van der Waals surface area (Å²) in [6, 6.07) is 0.724. The predicted molar refractivity (Wildman–Crippen MR) is 86.3 cm³/mol. The third kappa shape index (κ3) is 2.26. The van der Waals surface area contributed by atoms with Crippen molar-refractivity contribution >= 4 is 0 Å². The van der Waals surface area contributed by atoms with Crippen molar-refractivity contribution in [3.63, 3.8) is 0 Å². The second-order valence-electron chi connectivity index (χ2n) is 7.85. The van der Waals surface area contributed by atoms with Crippen molar-refractivity contribution in [1.29, 1.82) is 0 Å². The Hall–Kier alpha value is -0.160. The number of nitrogens with zero attached hydrogens (tertiary/aromatic N) is 2. The van der Waals surface area contributed by atoms with Gasteiger partial charge in [-0.3, -0.25) is 9.80 Å². The van der Waals surface area contributed by atoms with Gasteiger partial charge in [-0.2, -0.15) is 0 Å². The smallest absolute Gasteiger partial charge is 0.0691 e. The van der Waals surface area contributed by atoms with Gasteiger partial charge in [0, 0.05) is 42.6 Å². The highest BCUT2D eigenvalue weighted by molar-refractivity contribution is 5.21. The van der Waals surface area contributed by atoms with E-state index in [1.807, 2.05) is 0 Å². The van der Waals surface area contributed by atoms with Gasteiger partial charge in [-0.15, -0.1) is 0 Å². The summed E-state index contributed by atoms with van der Waals surface area (Å²) in [4.78, 5) is 5.20. The van der Waals surface area contributed by atoms with E-state index in [0.717, 1.165) is 38.7 Å². The summed E-state index contributed by atoms with van der Waals surface area (Å²) in [6.07, 6.45) is 2.84. The second-order valence-corrected chi connectivity index (χ2v) is 7.85. The molecule has 21 heavy (non-hydrogen) atoms. The number of nitrogens with two attached hydrogens (primary N) is 1. The molecule has 3 rings (SSSR count). The average molecular weight is 295 g/mol. The van der Waals surface area contributed by atoms with Crippen molar-refractivity contribution in [2.24, 2.45) is 17.1 Å². The van der Waals surface area contributed by atoms with Crippen LogP contribution in [-0.2, 0) is 4.74 Å². The average Bonchev–Trinajstić information content (AvgIpc) is 3.08. The maximum Gasteiger partial charge on any atom is 0.0691 e. The Kier molecular flexibility index (Phi) is 4.11. The molecule has 0 aromatic heterocycles. The molecule has 0 aromatic carbocycles. The maximum atomic E-state index is 6.90. The Morgan fingerprint density at radius 1 is 1.24 bits per heavy atom. The number of hydrogen-bond donors (Lipinski definition) is 1. The van der Waals surface area contributed by atoms with E-state index in [0.29, 0.717) is 12.0 Å². The fourth-order valence-corrected chi connectivity index (χ4v) is 5.16. The first-order valence-electron chi connectivity index (χ1n) is 8.81. The van der Waals surface area contributed by atoms with Crippen LogP contribution in [0.4, 0.5) is 0 Å². The van der Waals surface area contributed by atoms with E-state index < -0.39 is 0 Å². The van der Waals surface area contributed by atoms with Gasteiger partial charge in [0.05, 0.1) is 6.10 Å². The third-order valence-electron chi connectivity index (χ3n) is 6.73. The van der Waals surface area contributed by atoms with Crippen LogP contribution in [0.25, 0.3) is 0 Å². The van der Waals surface area contributed by atoms with E-state index in [9.17, 15) is 0 Å². The van der Waals surface area contributed by atoms with Crippen LogP contribution in [0.15, 0.2) is 0 Å². The lowest BCUT2D eigenvalue weighted by atomic mass is 9.48. The Morgan fingerprint density at radius 2 is 1.95 bits per heavy atom. The van der Waals surface area contributed by atoms with Crippen molar-refractivity contribution in [1.82, 2.24) is 9.80 Å². The van der Waals surface area contributed by atoms with Crippen LogP contribution >= 0.6 is 0 Å². The molecule has 4 nitrogen and oxygen atoms in total. The van der Waals surface area contributed by atoms with E-state index in [-0.39, 0.29) is 11.0 Å². The molecule has 0 radical (unpaired) electrons. The number of fused-ring (bicyclic) bond motifs is 1. The molecule has 3 aliphatic rings. The molecule has 0 bridgehead atoms. The summed E-state index contributed by atoms with van der Waals surface area (Å²) < 4.78 is 5.91. The summed E-state index contributed by atoms with van der Waals surface area (Å²) in [5, 5.41) is 0. The minimum Gasteiger partial charge on any atom is -0.377 e. The lowest BCUT2D eigenvalue weighted by Gasteiger charge is -2.63. The molecule has 1 aliphatic carbocycles. The molecule has 2 N–H and O–H groups in total. The summed E-state index contributed by atoms with van der Waals surface area (Å²) in [7, 11) is 0. The third-order valence-corrected chi connectivity index (χ3v) is 6.73. The van der Waals surface area contributed by atoms with E-state index >= 15 is 0 Å². The monoisotopic (exact) mass is 295 g/mol. The largest absolute Gasteiger partial charge is 0.377 e. The van der Waals surface area contributed by atoms with Gasteiger partial charge in [0.25, 0.3) is 0 Å². The molecule has 0 aromatic rings. The number of ether oxygens (including phenoxy) is 1. The number of likely N-dealkylation sites (N-methyl/N-ethyl adjacent to an activating group) is 1. The number of rotatable bonds is 5. The van der Waals surface area contributed by atoms with Crippen LogP contribution in [0.1, 0.15) is 40.5 Å². The zero-order valence-corrected chi connectivity index (χ0v) is 14.3. The first kappa shape index (κ1) is 15.7. The van der Waals surface area contributed by atoms with Crippen molar-refractivity contribution in [2.75, 3.05) is 39.3 Å². The predicted octanol–water partition coefficient (Wildman–Crippen LogP) is 1.54. The van der Waals surface area contributed by atoms with Gasteiger partial charge in [0.1, 0.15) is 0 Å². The van der Waals surface area contributed by atoms with Gasteiger partial charge >= 0.3 is 0 Å².